The Labute approximate surface area is 147 Å². The predicted molar refractivity (Wildman–Crippen MR) is 94.7 cm³/mol. The van der Waals surface area contributed by atoms with Gasteiger partial charge in [-0.05, 0) is 12.1 Å². The smallest absolute Gasteiger partial charge is 0.276 e. The summed E-state index contributed by atoms with van der Waals surface area (Å²) in [6.07, 6.45) is 2.82. The van der Waals surface area contributed by atoms with Gasteiger partial charge in [0.05, 0.1) is 10.5 Å². The van der Waals surface area contributed by atoms with Crippen molar-refractivity contribution in [3.05, 3.63) is 46.0 Å². The first-order chi connectivity index (χ1) is 11.7. The van der Waals surface area contributed by atoms with Crippen molar-refractivity contribution in [2.24, 2.45) is 5.41 Å². The first-order valence-electron chi connectivity index (χ1n) is 8.20. The molecule has 0 saturated carbocycles. The summed E-state index contributed by atoms with van der Waals surface area (Å²) in [6.45, 7) is 7.55. The van der Waals surface area contributed by atoms with Crippen LogP contribution < -0.4 is 0 Å². The minimum Gasteiger partial charge on any atom is -0.339 e. The summed E-state index contributed by atoms with van der Waals surface area (Å²) in [5.41, 5.74) is -0.0762. The van der Waals surface area contributed by atoms with Gasteiger partial charge in [-0.25, -0.2) is 0 Å². The van der Waals surface area contributed by atoms with Crippen LogP contribution in [0.15, 0.2) is 30.3 Å². The number of piperazine rings is 1. The zero-order valence-electron chi connectivity index (χ0n) is 14.8. The molecule has 2 amide bonds. The molecule has 0 radical (unpaired) electrons. The minimum atomic E-state index is -0.471. The summed E-state index contributed by atoms with van der Waals surface area (Å²) in [6, 6.07) is 6.28. The number of rotatable bonds is 3. The number of hydrogen-bond donors (Lipinski definition) is 0. The third-order valence-electron chi connectivity index (χ3n) is 4.06. The number of benzene rings is 1. The van der Waals surface area contributed by atoms with Gasteiger partial charge in [0.1, 0.15) is 0 Å². The van der Waals surface area contributed by atoms with Crippen molar-refractivity contribution in [1.29, 1.82) is 0 Å². The van der Waals surface area contributed by atoms with Gasteiger partial charge >= 0.3 is 0 Å². The molecule has 1 aromatic rings. The molecular weight excluding hydrogens is 322 g/mol. The average Bonchev–Trinajstić information content (AvgIpc) is 2.58. The highest BCUT2D eigenvalue weighted by atomic mass is 16.6. The first kappa shape index (κ1) is 18.6. The van der Waals surface area contributed by atoms with E-state index in [-0.39, 0.29) is 17.5 Å². The van der Waals surface area contributed by atoms with Crippen LogP contribution in [0.1, 0.15) is 26.3 Å². The summed E-state index contributed by atoms with van der Waals surface area (Å²) >= 11 is 0. The first-order valence-corrected chi connectivity index (χ1v) is 8.20. The Kier molecular flexibility index (Phi) is 5.56. The lowest BCUT2D eigenvalue weighted by atomic mass is 9.94. The second kappa shape index (κ2) is 7.46. The van der Waals surface area contributed by atoms with Crippen molar-refractivity contribution >= 4 is 23.6 Å². The molecule has 1 aromatic carbocycles. The van der Waals surface area contributed by atoms with Crippen LogP contribution in [-0.2, 0) is 9.59 Å². The summed E-state index contributed by atoms with van der Waals surface area (Å²) in [4.78, 5) is 38.5. The number of nitrogens with zero attached hydrogens (tertiary/aromatic N) is 3. The zero-order chi connectivity index (χ0) is 18.6. The number of nitro groups is 1. The van der Waals surface area contributed by atoms with E-state index in [2.05, 4.69) is 0 Å². The van der Waals surface area contributed by atoms with Gasteiger partial charge in [-0.1, -0.05) is 32.9 Å². The average molecular weight is 345 g/mol. The lowest BCUT2D eigenvalue weighted by molar-refractivity contribution is -0.385. The van der Waals surface area contributed by atoms with E-state index in [1.54, 1.807) is 28.0 Å². The Balaban J connectivity index is 1.98. The van der Waals surface area contributed by atoms with Crippen LogP contribution in [0.25, 0.3) is 6.08 Å². The number of amides is 2. The highest BCUT2D eigenvalue weighted by molar-refractivity contribution is 5.92. The van der Waals surface area contributed by atoms with E-state index >= 15 is 0 Å². The van der Waals surface area contributed by atoms with Crippen LogP contribution in [0.5, 0.6) is 0 Å². The van der Waals surface area contributed by atoms with Crippen molar-refractivity contribution in [3.63, 3.8) is 0 Å². The molecule has 1 aliphatic rings. The topological polar surface area (TPSA) is 83.8 Å². The fourth-order valence-corrected chi connectivity index (χ4v) is 2.67. The maximum atomic E-state index is 12.3. The lowest BCUT2D eigenvalue weighted by Gasteiger charge is -2.37. The van der Waals surface area contributed by atoms with Crippen molar-refractivity contribution in [2.45, 2.75) is 20.8 Å². The molecule has 0 aromatic heterocycles. The number of hydrogen-bond acceptors (Lipinski definition) is 4. The maximum Gasteiger partial charge on any atom is 0.276 e. The molecule has 1 saturated heterocycles. The molecule has 1 heterocycles. The van der Waals surface area contributed by atoms with Gasteiger partial charge < -0.3 is 9.80 Å². The number of carbonyl (C=O) groups excluding carboxylic acids is 2. The van der Waals surface area contributed by atoms with Crippen LogP contribution in [0.2, 0.25) is 0 Å². The highest BCUT2D eigenvalue weighted by Gasteiger charge is 2.30. The summed E-state index contributed by atoms with van der Waals surface area (Å²) in [5, 5.41) is 11.0. The van der Waals surface area contributed by atoms with Gasteiger partial charge in [0.2, 0.25) is 11.8 Å². The zero-order valence-corrected chi connectivity index (χ0v) is 14.8. The SMILES string of the molecule is CC(C)(C)C(=O)N1CCN(C(=O)/C=C/c2ccccc2[N+](=O)[O-])CC1. The molecule has 134 valence electrons. The van der Waals surface area contributed by atoms with Crippen molar-refractivity contribution < 1.29 is 14.5 Å². The van der Waals surface area contributed by atoms with Crippen LogP contribution in [-0.4, -0.2) is 52.7 Å². The molecule has 2 rings (SSSR count). The summed E-state index contributed by atoms with van der Waals surface area (Å²) < 4.78 is 0. The fourth-order valence-electron chi connectivity index (χ4n) is 2.67. The van der Waals surface area contributed by atoms with Crippen LogP contribution in [0, 0.1) is 15.5 Å². The van der Waals surface area contributed by atoms with Gasteiger partial charge in [-0.15, -0.1) is 0 Å². The van der Waals surface area contributed by atoms with Crippen molar-refractivity contribution in [2.75, 3.05) is 26.2 Å². The standard InChI is InChI=1S/C18H23N3O4/c1-18(2,3)17(23)20-12-10-19(11-13-20)16(22)9-8-14-6-4-5-7-15(14)21(24)25/h4-9H,10-13H2,1-3H3/b9-8+. The molecule has 7 heteroatoms. The fraction of sp³-hybridized carbons (Fsp3) is 0.444. The van der Waals surface area contributed by atoms with E-state index in [0.717, 1.165) is 0 Å². The van der Waals surface area contributed by atoms with Crippen LogP contribution in [0.4, 0.5) is 5.69 Å². The molecule has 0 spiro atoms. The molecule has 0 bridgehead atoms. The summed E-state index contributed by atoms with van der Waals surface area (Å²) in [5.74, 6) is -0.129. The number of nitro benzene ring substituents is 1. The highest BCUT2D eigenvalue weighted by Crippen LogP contribution is 2.20. The predicted octanol–water partition coefficient (Wildman–Crippen LogP) is 2.32. The maximum absolute atomic E-state index is 12.3. The third-order valence-corrected chi connectivity index (χ3v) is 4.06. The van der Waals surface area contributed by atoms with Gasteiger partial charge in [0.15, 0.2) is 0 Å². The van der Waals surface area contributed by atoms with Crippen LogP contribution in [0.3, 0.4) is 0 Å². The van der Waals surface area contributed by atoms with Gasteiger partial charge in [0.25, 0.3) is 5.69 Å². The Morgan fingerprint density at radius 1 is 1.08 bits per heavy atom. The van der Waals surface area contributed by atoms with E-state index in [4.69, 9.17) is 0 Å². The Morgan fingerprint density at radius 3 is 2.20 bits per heavy atom. The molecule has 7 nitrogen and oxygen atoms in total. The van der Waals surface area contributed by atoms with Gasteiger partial charge in [0, 0.05) is 43.7 Å². The number of carbonyl (C=O) groups is 2. The molecule has 0 unspecified atom stereocenters. The molecule has 0 N–H and O–H groups in total. The normalized spacial score (nSPS) is 15.5. The van der Waals surface area contributed by atoms with E-state index in [0.29, 0.717) is 31.7 Å². The monoisotopic (exact) mass is 345 g/mol. The second-order valence-corrected chi connectivity index (χ2v) is 7.02. The Bertz CT molecular complexity index is 699. The van der Waals surface area contributed by atoms with Gasteiger partial charge in [-0.2, -0.15) is 0 Å². The molecule has 0 atom stereocenters. The van der Waals surface area contributed by atoms with Crippen molar-refractivity contribution in [3.8, 4) is 0 Å². The van der Waals surface area contributed by atoms with E-state index in [1.807, 2.05) is 20.8 Å². The molecule has 25 heavy (non-hydrogen) atoms. The Morgan fingerprint density at radius 2 is 1.64 bits per heavy atom. The molecule has 1 fully saturated rings. The lowest BCUT2D eigenvalue weighted by Crippen LogP contribution is -2.52. The van der Waals surface area contributed by atoms with Crippen molar-refractivity contribution in [1.82, 2.24) is 9.80 Å². The van der Waals surface area contributed by atoms with E-state index < -0.39 is 10.3 Å². The summed E-state index contributed by atoms with van der Waals surface area (Å²) in [7, 11) is 0. The van der Waals surface area contributed by atoms with Gasteiger partial charge in [-0.3, -0.25) is 19.7 Å². The van der Waals surface area contributed by atoms with E-state index in [9.17, 15) is 19.7 Å². The Hall–Kier alpha value is -2.70. The molecule has 1 aliphatic heterocycles. The second-order valence-electron chi connectivity index (χ2n) is 7.02. The minimum absolute atomic E-state index is 0.0351. The number of para-hydroxylation sites is 1. The van der Waals surface area contributed by atoms with E-state index in [1.165, 1.54) is 18.2 Å². The largest absolute Gasteiger partial charge is 0.339 e. The quantitative estimate of drug-likeness (QED) is 0.478. The third kappa shape index (κ3) is 4.65. The molecule has 0 aliphatic carbocycles. The molecular formula is C18H23N3O4. The van der Waals surface area contributed by atoms with Crippen LogP contribution >= 0.6 is 0 Å².